The van der Waals surface area contributed by atoms with Crippen molar-refractivity contribution in [3.05, 3.63) is 70.4 Å². The lowest BCUT2D eigenvalue weighted by atomic mass is 10.1. The highest BCUT2D eigenvalue weighted by Gasteiger charge is 2.34. The molecular weight excluding hydrogens is 452 g/mol. The molecule has 3 heterocycles. The van der Waals surface area contributed by atoms with Gasteiger partial charge < -0.3 is 9.09 Å². The third kappa shape index (κ3) is 4.47. The first-order valence-corrected chi connectivity index (χ1v) is 13.0. The molecule has 1 aliphatic rings. The maximum absolute atomic E-state index is 13.2. The van der Waals surface area contributed by atoms with Gasteiger partial charge in [-0.15, -0.1) is 0 Å². The van der Waals surface area contributed by atoms with E-state index in [1.807, 2.05) is 43.0 Å². The molecular formula is C25H32N4O4S. The van der Waals surface area contributed by atoms with E-state index < -0.39 is 10.0 Å². The summed E-state index contributed by atoms with van der Waals surface area (Å²) in [6.07, 6.45) is 0. The molecule has 1 aromatic carbocycles. The standard InChI is InChI=1S/C25H32N4O4S/c1-17-15-23(20(4)29(17)19(3)22-9-7-6-8-10-22)24(30)16-27-11-13-28(14-12-27)34(31,32)25-18(2)26-33-21(25)5/h6-10,15,19H,11-14,16H2,1-5H3. The molecule has 0 amide bonds. The van der Waals surface area contributed by atoms with E-state index in [1.165, 1.54) is 9.87 Å². The van der Waals surface area contributed by atoms with E-state index in [2.05, 4.69) is 28.8 Å². The Morgan fingerprint density at radius 1 is 1.06 bits per heavy atom. The molecule has 182 valence electrons. The Bertz CT molecular complexity index is 1270. The molecule has 34 heavy (non-hydrogen) atoms. The van der Waals surface area contributed by atoms with Crippen molar-refractivity contribution in [1.82, 2.24) is 18.9 Å². The lowest BCUT2D eigenvalue weighted by molar-refractivity contribution is 0.0901. The molecule has 1 atom stereocenters. The number of sulfonamides is 1. The summed E-state index contributed by atoms with van der Waals surface area (Å²) in [4.78, 5) is 15.4. The van der Waals surface area contributed by atoms with E-state index in [-0.39, 0.29) is 23.3 Å². The smallest absolute Gasteiger partial charge is 0.248 e. The van der Waals surface area contributed by atoms with E-state index >= 15 is 0 Å². The van der Waals surface area contributed by atoms with Crippen LogP contribution in [0.25, 0.3) is 0 Å². The fourth-order valence-electron chi connectivity index (χ4n) is 4.92. The van der Waals surface area contributed by atoms with Crippen molar-refractivity contribution in [1.29, 1.82) is 0 Å². The second-order valence-electron chi connectivity index (χ2n) is 9.00. The van der Waals surface area contributed by atoms with Crippen LogP contribution < -0.4 is 0 Å². The Hall–Kier alpha value is -2.75. The van der Waals surface area contributed by atoms with Gasteiger partial charge in [-0.25, -0.2) is 8.42 Å². The van der Waals surface area contributed by atoms with Gasteiger partial charge in [0.2, 0.25) is 10.0 Å². The van der Waals surface area contributed by atoms with Crippen LogP contribution in [0.2, 0.25) is 0 Å². The van der Waals surface area contributed by atoms with Gasteiger partial charge in [0, 0.05) is 43.1 Å². The maximum Gasteiger partial charge on any atom is 0.248 e. The minimum absolute atomic E-state index is 0.0571. The number of hydrogen-bond acceptors (Lipinski definition) is 6. The summed E-state index contributed by atoms with van der Waals surface area (Å²) in [6.45, 7) is 11.3. The van der Waals surface area contributed by atoms with Crippen molar-refractivity contribution < 1.29 is 17.7 Å². The minimum Gasteiger partial charge on any atom is -0.360 e. The molecule has 0 bridgehead atoms. The number of rotatable bonds is 7. The quantitative estimate of drug-likeness (QED) is 0.477. The van der Waals surface area contributed by atoms with Gasteiger partial charge in [0.15, 0.2) is 11.5 Å². The summed E-state index contributed by atoms with van der Waals surface area (Å²) in [6, 6.07) is 12.3. The lowest BCUT2D eigenvalue weighted by Gasteiger charge is -2.33. The zero-order chi connectivity index (χ0) is 24.6. The normalized spacial score (nSPS) is 16.6. The zero-order valence-electron chi connectivity index (χ0n) is 20.4. The maximum atomic E-state index is 13.2. The summed E-state index contributed by atoms with van der Waals surface area (Å²) in [5.41, 5.74) is 4.30. The van der Waals surface area contributed by atoms with Crippen molar-refractivity contribution in [2.75, 3.05) is 32.7 Å². The third-order valence-electron chi connectivity index (χ3n) is 6.72. The molecule has 1 unspecified atom stereocenters. The second kappa shape index (κ2) is 9.48. The average molecular weight is 485 g/mol. The molecule has 0 aliphatic carbocycles. The van der Waals surface area contributed by atoms with Gasteiger partial charge in [0.25, 0.3) is 0 Å². The van der Waals surface area contributed by atoms with Crippen molar-refractivity contribution >= 4 is 15.8 Å². The first kappa shape index (κ1) is 24.4. The number of benzene rings is 1. The number of carbonyl (C=O) groups excluding carboxylic acids is 1. The van der Waals surface area contributed by atoms with Gasteiger partial charge >= 0.3 is 0 Å². The Balaban J connectivity index is 1.43. The molecule has 9 heteroatoms. The molecule has 2 aromatic heterocycles. The van der Waals surface area contributed by atoms with Crippen LogP contribution in [0.15, 0.2) is 45.8 Å². The summed E-state index contributed by atoms with van der Waals surface area (Å²) < 4.78 is 34.8. The number of ketones is 1. The van der Waals surface area contributed by atoms with Gasteiger partial charge in [0.05, 0.1) is 12.6 Å². The van der Waals surface area contributed by atoms with E-state index in [4.69, 9.17) is 4.52 Å². The Morgan fingerprint density at radius 3 is 2.29 bits per heavy atom. The fraction of sp³-hybridized carbons (Fsp3) is 0.440. The molecule has 0 spiro atoms. The van der Waals surface area contributed by atoms with Gasteiger partial charge in [0.1, 0.15) is 10.6 Å². The molecule has 0 N–H and O–H groups in total. The molecule has 8 nitrogen and oxygen atoms in total. The van der Waals surface area contributed by atoms with Crippen LogP contribution in [0.4, 0.5) is 0 Å². The van der Waals surface area contributed by atoms with Crippen LogP contribution in [-0.4, -0.2) is 65.9 Å². The number of piperazine rings is 1. The van der Waals surface area contributed by atoms with Crippen LogP contribution in [0.5, 0.6) is 0 Å². The topological polar surface area (TPSA) is 88.7 Å². The average Bonchev–Trinajstić information content (AvgIpc) is 3.31. The summed E-state index contributed by atoms with van der Waals surface area (Å²) in [7, 11) is -3.67. The lowest BCUT2D eigenvalue weighted by Crippen LogP contribution is -2.49. The Kier molecular flexibility index (Phi) is 6.80. The number of carbonyl (C=O) groups is 1. The largest absolute Gasteiger partial charge is 0.360 e. The molecule has 4 rings (SSSR count). The van der Waals surface area contributed by atoms with Crippen LogP contribution in [0.3, 0.4) is 0 Å². The van der Waals surface area contributed by atoms with Crippen molar-refractivity contribution in [2.24, 2.45) is 0 Å². The van der Waals surface area contributed by atoms with Crippen LogP contribution in [0, 0.1) is 27.7 Å². The number of aromatic nitrogens is 2. The fourth-order valence-corrected chi connectivity index (χ4v) is 6.64. The Labute approximate surface area is 201 Å². The first-order valence-electron chi connectivity index (χ1n) is 11.5. The predicted molar refractivity (Wildman–Crippen MR) is 130 cm³/mol. The summed E-state index contributed by atoms with van der Waals surface area (Å²) in [5.74, 6) is 0.358. The number of aryl methyl sites for hydroxylation is 3. The predicted octanol–water partition coefficient (Wildman–Crippen LogP) is 3.51. The summed E-state index contributed by atoms with van der Waals surface area (Å²) >= 11 is 0. The van der Waals surface area contributed by atoms with Crippen LogP contribution in [0.1, 0.15) is 51.7 Å². The Morgan fingerprint density at radius 2 is 1.71 bits per heavy atom. The van der Waals surface area contributed by atoms with Crippen molar-refractivity contribution in [3.8, 4) is 0 Å². The molecule has 1 aliphatic heterocycles. The second-order valence-corrected chi connectivity index (χ2v) is 10.9. The van der Waals surface area contributed by atoms with E-state index in [1.54, 1.807) is 13.8 Å². The highest BCUT2D eigenvalue weighted by molar-refractivity contribution is 7.89. The SMILES string of the molecule is Cc1noc(C)c1S(=O)(=O)N1CCN(CC(=O)c2cc(C)n(C(C)c3ccccc3)c2C)CC1. The van der Waals surface area contributed by atoms with Gasteiger partial charge in [-0.05, 0) is 46.2 Å². The minimum atomic E-state index is -3.67. The van der Waals surface area contributed by atoms with Crippen LogP contribution >= 0.6 is 0 Å². The highest BCUT2D eigenvalue weighted by Crippen LogP contribution is 2.27. The first-order chi connectivity index (χ1) is 16.1. The molecule has 1 saturated heterocycles. The molecule has 0 saturated carbocycles. The molecule has 0 radical (unpaired) electrons. The van der Waals surface area contributed by atoms with Crippen molar-refractivity contribution in [2.45, 2.75) is 45.6 Å². The van der Waals surface area contributed by atoms with Gasteiger partial charge in [-0.1, -0.05) is 35.5 Å². The third-order valence-corrected chi connectivity index (χ3v) is 8.86. The van der Waals surface area contributed by atoms with Gasteiger partial charge in [-0.3, -0.25) is 9.69 Å². The van der Waals surface area contributed by atoms with E-state index in [9.17, 15) is 13.2 Å². The van der Waals surface area contributed by atoms with Gasteiger partial charge in [-0.2, -0.15) is 4.31 Å². The monoisotopic (exact) mass is 484 g/mol. The highest BCUT2D eigenvalue weighted by atomic mass is 32.2. The summed E-state index contributed by atoms with van der Waals surface area (Å²) in [5, 5.41) is 3.78. The number of nitrogens with zero attached hydrogens (tertiary/aromatic N) is 4. The number of hydrogen-bond donors (Lipinski definition) is 0. The van der Waals surface area contributed by atoms with E-state index in [0.29, 0.717) is 37.6 Å². The van der Waals surface area contributed by atoms with E-state index in [0.717, 1.165) is 17.0 Å². The van der Waals surface area contributed by atoms with Crippen LogP contribution in [-0.2, 0) is 10.0 Å². The molecule has 3 aromatic rings. The number of Topliss-reactive ketones (excluding diaryl/α,β-unsaturated/α-hetero) is 1. The zero-order valence-corrected chi connectivity index (χ0v) is 21.2. The van der Waals surface area contributed by atoms with Crippen molar-refractivity contribution in [3.63, 3.8) is 0 Å². The molecule has 1 fully saturated rings.